The van der Waals surface area contributed by atoms with Crippen molar-refractivity contribution in [1.29, 1.82) is 0 Å². The lowest BCUT2D eigenvalue weighted by Crippen LogP contribution is -2.31. The van der Waals surface area contributed by atoms with Gasteiger partial charge in [0.15, 0.2) is 0 Å². The molecule has 0 radical (unpaired) electrons. The van der Waals surface area contributed by atoms with Crippen molar-refractivity contribution in [3.05, 3.63) is 55.0 Å². The number of nitrogens with zero attached hydrogens (tertiary/aromatic N) is 3. The van der Waals surface area contributed by atoms with Gasteiger partial charge in [-0.25, -0.2) is 4.98 Å². The number of pyridine rings is 1. The Balaban J connectivity index is 1.48. The van der Waals surface area contributed by atoms with Crippen molar-refractivity contribution < 1.29 is 4.79 Å². The highest BCUT2D eigenvalue weighted by Crippen LogP contribution is 2.25. The van der Waals surface area contributed by atoms with Crippen LogP contribution in [-0.2, 0) is 11.3 Å². The summed E-state index contributed by atoms with van der Waals surface area (Å²) in [7, 11) is 0. The van der Waals surface area contributed by atoms with Gasteiger partial charge in [0.1, 0.15) is 5.03 Å². The number of aromatic nitrogens is 3. The van der Waals surface area contributed by atoms with Crippen molar-refractivity contribution in [2.45, 2.75) is 18.5 Å². The molecular weight excluding hydrogens is 320 g/mol. The first-order chi connectivity index (χ1) is 11.7. The molecule has 5 nitrogen and oxygen atoms in total. The van der Waals surface area contributed by atoms with Crippen LogP contribution in [0.5, 0.6) is 0 Å². The lowest BCUT2D eigenvalue weighted by atomic mass is 10.2. The zero-order valence-corrected chi connectivity index (χ0v) is 14.4. The first-order valence-corrected chi connectivity index (χ1v) is 8.91. The third-order valence-corrected chi connectivity index (χ3v) is 4.69. The van der Waals surface area contributed by atoms with Crippen LogP contribution in [0.25, 0.3) is 10.8 Å². The second kappa shape index (κ2) is 7.97. The minimum atomic E-state index is 0.0297. The Hall–Kier alpha value is -2.34. The lowest BCUT2D eigenvalue weighted by Gasteiger charge is -2.12. The van der Waals surface area contributed by atoms with E-state index in [1.807, 2.05) is 41.2 Å². The van der Waals surface area contributed by atoms with Crippen LogP contribution < -0.4 is 5.32 Å². The maximum atomic E-state index is 12.1. The van der Waals surface area contributed by atoms with Gasteiger partial charge in [0.2, 0.25) is 5.91 Å². The van der Waals surface area contributed by atoms with Gasteiger partial charge < -0.3 is 5.32 Å². The fraction of sp³-hybridized carbons (Fsp3) is 0.278. The van der Waals surface area contributed by atoms with E-state index in [2.05, 4.69) is 28.4 Å². The van der Waals surface area contributed by atoms with Gasteiger partial charge in [-0.2, -0.15) is 5.10 Å². The molecule has 0 saturated carbocycles. The minimum Gasteiger partial charge on any atom is -0.355 e. The molecule has 1 aromatic carbocycles. The number of rotatable bonds is 7. The fourth-order valence-electron chi connectivity index (χ4n) is 2.47. The Labute approximate surface area is 145 Å². The highest BCUT2D eigenvalue weighted by molar-refractivity contribution is 8.00. The van der Waals surface area contributed by atoms with Crippen molar-refractivity contribution in [3.63, 3.8) is 0 Å². The summed E-state index contributed by atoms with van der Waals surface area (Å²) >= 11 is 1.47. The van der Waals surface area contributed by atoms with Gasteiger partial charge in [-0.1, -0.05) is 43.0 Å². The Morgan fingerprint density at radius 2 is 2.12 bits per heavy atom. The standard InChI is InChI=1S/C18H20N4OS/c1-14(12-22-10-4-8-21-22)11-20-17(23)13-24-18-16-6-3-2-5-15(16)7-9-19-18/h2-10,14H,11-13H2,1H3,(H,20,23). The van der Waals surface area contributed by atoms with Crippen LogP contribution in [0.15, 0.2) is 60.0 Å². The van der Waals surface area contributed by atoms with E-state index in [1.54, 1.807) is 12.4 Å². The fourth-order valence-corrected chi connectivity index (χ4v) is 3.32. The van der Waals surface area contributed by atoms with Crippen molar-refractivity contribution in [1.82, 2.24) is 20.1 Å². The smallest absolute Gasteiger partial charge is 0.230 e. The molecule has 0 spiro atoms. The van der Waals surface area contributed by atoms with Gasteiger partial charge in [-0.3, -0.25) is 9.48 Å². The van der Waals surface area contributed by atoms with E-state index in [4.69, 9.17) is 0 Å². The van der Waals surface area contributed by atoms with Crippen LogP contribution in [0.4, 0.5) is 0 Å². The van der Waals surface area contributed by atoms with E-state index in [-0.39, 0.29) is 5.91 Å². The molecule has 3 aromatic rings. The van der Waals surface area contributed by atoms with Crippen molar-refractivity contribution >= 4 is 28.4 Å². The van der Waals surface area contributed by atoms with Gasteiger partial charge in [0.05, 0.1) is 5.75 Å². The Bertz CT molecular complexity index is 798. The third kappa shape index (κ3) is 4.35. The third-order valence-electron chi connectivity index (χ3n) is 3.68. The zero-order valence-electron chi connectivity index (χ0n) is 13.6. The summed E-state index contributed by atoms with van der Waals surface area (Å²) < 4.78 is 1.88. The molecule has 1 N–H and O–H groups in total. The maximum Gasteiger partial charge on any atom is 0.230 e. The first-order valence-electron chi connectivity index (χ1n) is 7.93. The van der Waals surface area contributed by atoms with Crippen LogP contribution in [0.1, 0.15) is 6.92 Å². The molecule has 1 unspecified atom stereocenters. The minimum absolute atomic E-state index is 0.0297. The summed E-state index contributed by atoms with van der Waals surface area (Å²) in [4.78, 5) is 16.5. The summed E-state index contributed by atoms with van der Waals surface area (Å²) in [6.45, 7) is 3.54. The molecule has 6 heteroatoms. The molecule has 0 bridgehead atoms. The van der Waals surface area contributed by atoms with Crippen molar-refractivity contribution in [2.24, 2.45) is 5.92 Å². The van der Waals surface area contributed by atoms with Crippen molar-refractivity contribution in [3.8, 4) is 0 Å². The Morgan fingerprint density at radius 1 is 1.25 bits per heavy atom. The number of amides is 1. The molecule has 3 rings (SSSR count). The van der Waals surface area contributed by atoms with E-state index in [9.17, 15) is 4.79 Å². The predicted octanol–water partition coefficient (Wildman–Crippen LogP) is 2.98. The number of carbonyl (C=O) groups excluding carboxylic acids is 1. The van der Waals surface area contributed by atoms with Crippen LogP contribution in [0, 0.1) is 5.92 Å². The first kappa shape index (κ1) is 16.5. The van der Waals surface area contributed by atoms with Crippen LogP contribution >= 0.6 is 11.8 Å². The van der Waals surface area contributed by atoms with Gasteiger partial charge in [-0.15, -0.1) is 0 Å². The number of benzene rings is 1. The highest BCUT2D eigenvalue weighted by atomic mass is 32.2. The summed E-state index contributed by atoms with van der Waals surface area (Å²) in [5.41, 5.74) is 0. The summed E-state index contributed by atoms with van der Waals surface area (Å²) in [5, 5.41) is 10.3. The van der Waals surface area contributed by atoms with E-state index >= 15 is 0 Å². The predicted molar refractivity (Wildman–Crippen MR) is 96.9 cm³/mol. The molecule has 2 aromatic heterocycles. The van der Waals surface area contributed by atoms with E-state index in [0.29, 0.717) is 18.2 Å². The van der Waals surface area contributed by atoms with E-state index in [0.717, 1.165) is 22.3 Å². The Kier molecular flexibility index (Phi) is 5.48. The second-order valence-corrected chi connectivity index (χ2v) is 6.73. The van der Waals surface area contributed by atoms with Gasteiger partial charge in [0.25, 0.3) is 0 Å². The number of hydrogen-bond donors (Lipinski definition) is 1. The van der Waals surface area contributed by atoms with E-state index < -0.39 is 0 Å². The second-order valence-electron chi connectivity index (χ2n) is 5.76. The molecule has 0 aliphatic carbocycles. The quantitative estimate of drug-likeness (QED) is 0.672. The van der Waals surface area contributed by atoms with Crippen LogP contribution in [0.3, 0.4) is 0 Å². The van der Waals surface area contributed by atoms with E-state index in [1.165, 1.54) is 11.8 Å². The molecule has 24 heavy (non-hydrogen) atoms. The molecule has 1 amide bonds. The maximum absolute atomic E-state index is 12.1. The average molecular weight is 340 g/mol. The molecule has 1 atom stereocenters. The largest absolute Gasteiger partial charge is 0.355 e. The molecule has 0 fully saturated rings. The number of hydrogen-bond acceptors (Lipinski definition) is 4. The number of thioether (sulfide) groups is 1. The van der Waals surface area contributed by atoms with Gasteiger partial charge in [0, 0.05) is 37.1 Å². The summed E-state index contributed by atoms with van der Waals surface area (Å²) in [6, 6.07) is 12.0. The molecule has 2 heterocycles. The lowest BCUT2D eigenvalue weighted by molar-refractivity contribution is -0.118. The summed E-state index contributed by atoms with van der Waals surface area (Å²) in [5.74, 6) is 0.728. The zero-order chi connectivity index (χ0) is 16.8. The summed E-state index contributed by atoms with van der Waals surface area (Å²) in [6.07, 6.45) is 5.48. The Morgan fingerprint density at radius 3 is 2.96 bits per heavy atom. The van der Waals surface area contributed by atoms with Crippen molar-refractivity contribution in [2.75, 3.05) is 12.3 Å². The van der Waals surface area contributed by atoms with Gasteiger partial charge >= 0.3 is 0 Å². The number of fused-ring (bicyclic) bond motifs is 1. The van der Waals surface area contributed by atoms with Crippen LogP contribution in [0.2, 0.25) is 0 Å². The molecule has 0 saturated heterocycles. The molecular formula is C18H20N4OS. The average Bonchev–Trinajstić information content (AvgIpc) is 3.11. The number of carbonyl (C=O) groups is 1. The number of nitrogens with one attached hydrogen (secondary N) is 1. The molecule has 124 valence electrons. The molecule has 0 aliphatic heterocycles. The SMILES string of the molecule is CC(CNC(=O)CSc1nccc2ccccc12)Cn1cccn1. The highest BCUT2D eigenvalue weighted by Gasteiger charge is 2.09. The van der Waals surface area contributed by atoms with Gasteiger partial charge in [-0.05, 0) is 23.4 Å². The molecule has 0 aliphatic rings. The monoisotopic (exact) mass is 340 g/mol. The van der Waals surface area contributed by atoms with Crippen LogP contribution in [-0.4, -0.2) is 33.0 Å². The normalized spacial score (nSPS) is 12.2. The topological polar surface area (TPSA) is 59.8 Å².